The van der Waals surface area contributed by atoms with E-state index >= 15 is 0 Å². The zero-order valence-electron chi connectivity index (χ0n) is 9.51. The predicted octanol–water partition coefficient (Wildman–Crippen LogP) is 3.04. The molecule has 2 nitrogen and oxygen atoms in total. The first-order chi connectivity index (χ1) is 8.24. The van der Waals surface area contributed by atoms with Crippen LogP contribution < -0.4 is 0 Å². The van der Waals surface area contributed by atoms with Crippen molar-refractivity contribution in [3.8, 4) is 0 Å². The lowest BCUT2D eigenvalue weighted by atomic mass is 9.96. The fourth-order valence-corrected chi connectivity index (χ4v) is 1.78. The predicted molar refractivity (Wildman–Crippen MR) is 66.4 cm³/mol. The average molecular weight is 224 g/mol. The van der Waals surface area contributed by atoms with Gasteiger partial charge in [-0.15, -0.1) is 0 Å². The second-order valence-electron chi connectivity index (χ2n) is 3.85. The standard InChI is InChI=1S/C15H12O2/c1-11-6-2-4-8-13(11)15(17)14-9-5-3-7-12(14)10-16/h2-10H,1H3. The minimum Gasteiger partial charge on any atom is -0.298 e. The molecule has 0 bridgehead atoms. The molecule has 17 heavy (non-hydrogen) atoms. The Bertz CT molecular complexity index is 571. The van der Waals surface area contributed by atoms with Gasteiger partial charge in [0.15, 0.2) is 12.1 Å². The van der Waals surface area contributed by atoms with E-state index in [2.05, 4.69) is 0 Å². The number of rotatable bonds is 3. The van der Waals surface area contributed by atoms with Crippen LogP contribution in [0.3, 0.4) is 0 Å². The SMILES string of the molecule is Cc1ccccc1C(=O)c1ccccc1C=O. The summed E-state index contributed by atoms with van der Waals surface area (Å²) in [5.74, 6) is -0.106. The van der Waals surface area contributed by atoms with Gasteiger partial charge in [0, 0.05) is 16.7 Å². The van der Waals surface area contributed by atoms with Crippen LogP contribution in [0.4, 0.5) is 0 Å². The van der Waals surface area contributed by atoms with Crippen molar-refractivity contribution in [1.29, 1.82) is 0 Å². The molecular weight excluding hydrogens is 212 g/mol. The Labute approximate surface area is 99.9 Å². The molecule has 2 heteroatoms. The molecule has 0 saturated carbocycles. The van der Waals surface area contributed by atoms with E-state index < -0.39 is 0 Å². The number of aryl methyl sites for hydroxylation is 1. The van der Waals surface area contributed by atoms with Gasteiger partial charge in [-0.2, -0.15) is 0 Å². The summed E-state index contributed by atoms with van der Waals surface area (Å²) >= 11 is 0. The van der Waals surface area contributed by atoms with E-state index in [0.717, 1.165) is 5.56 Å². The largest absolute Gasteiger partial charge is 0.298 e. The minimum atomic E-state index is -0.106. The molecule has 0 aromatic heterocycles. The molecule has 0 amide bonds. The van der Waals surface area contributed by atoms with Crippen molar-refractivity contribution >= 4 is 12.1 Å². The van der Waals surface area contributed by atoms with Crippen LogP contribution in [0.25, 0.3) is 0 Å². The maximum Gasteiger partial charge on any atom is 0.194 e. The van der Waals surface area contributed by atoms with Gasteiger partial charge in [0.05, 0.1) is 0 Å². The van der Waals surface area contributed by atoms with E-state index in [0.29, 0.717) is 23.0 Å². The quantitative estimate of drug-likeness (QED) is 0.593. The number of hydrogen-bond acceptors (Lipinski definition) is 2. The molecule has 2 aromatic carbocycles. The molecule has 0 N–H and O–H groups in total. The Balaban J connectivity index is 2.51. The van der Waals surface area contributed by atoms with Crippen LogP contribution >= 0.6 is 0 Å². The van der Waals surface area contributed by atoms with Gasteiger partial charge in [0.2, 0.25) is 0 Å². The van der Waals surface area contributed by atoms with Gasteiger partial charge in [0.1, 0.15) is 0 Å². The first-order valence-electron chi connectivity index (χ1n) is 5.38. The first-order valence-corrected chi connectivity index (χ1v) is 5.38. The van der Waals surface area contributed by atoms with Gasteiger partial charge < -0.3 is 0 Å². The van der Waals surface area contributed by atoms with Gasteiger partial charge >= 0.3 is 0 Å². The Morgan fingerprint density at radius 3 is 2.18 bits per heavy atom. The molecule has 0 spiro atoms. The maximum atomic E-state index is 12.3. The number of carbonyl (C=O) groups excluding carboxylic acids is 2. The summed E-state index contributed by atoms with van der Waals surface area (Å²) < 4.78 is 0. The zero-order valence-corrected chi connectivity index (χ0v) is 9.51. The van der Waals surface area contributed by atoms with Crippen LogP contribution in [0, 0.1) is 6.92 Å². The summed E-state index contributed by atoms with van der Waals surface area (Å²) in [6.07, 6.45) is 0.714. The fraction of sp³-hybridized carbons (Fsp3) is 0.0667. The maximum absolute atomic E-state index is 12.3. The van der Waals surface area contributed by atoms with Crippen LogP contribution in [-0.2, 0) is 0 Å². The van der Waals surface area contributed by atoms with Gasteiger partial charge in [-0.1, -0.05) is 48.5 Å². The van der Waals surface area contributed by atoms with E-state index in [9.17, 15) is 9.59 Å². The topological polar surface area (TPSA) is 34.1 Å². The normalized spacial score (nSPS) is 9.94. The number of benzene rings is 2. The molecule has 0 aliphatic rings. The zero-order chi connectivity index (χ0) is 12.3. The van der Waals surface area contributed by atoms with Gasteiger partial charge in [-0.05, 0) is 12.5 Å². The Morgan fingerprint density at radius 1 is 0.941 bits per heavy atom. The third-order valence-electron chi connectivity index (χ3n) is 2.72. The number of ketones is 1. The molecule has 2 rings (SSSR count). The second-order valence-corrected chi connectivity index (χ2v) is 3.85. The van der Waals surface area contributed by atoms with E-state index in [4.69, 9.17) is 0 Å². The van der Waals surface area contributed by atoms with Crippen molar-refractivity contribution in [1.82, 2.24) is 0 Å². The lowest BCUT2D eigenvalue weighted by Crippen LogP contribution is -2.06. The highest BCUT2D eigenvalue weighted by atomic mass is 16.1. The van der Waals surface area contributed by atoms with E-state index in [-0.39, 0.29) is 5.78 Å². The molecule has 0 radical (unpaired) electrons. The van der Waals surface area contributed by atoms with Crippen molar-refractivity contribution in [2.75, 3.05) is 0 Å². The molecular formula is C15H12O2. The lowest BCUT2D eigenvalue weighted by molar-refractivity contribution is 0.102. The molecule has 0 atom stereocenters. The van der Waals surface area contributed by atoms with E-state index in [1.165, 1.54) is 0 Å². The molecule has 0 aliphatic carbocycles. The van der Waals surface area contributed by atoms with Gasteiger partial charge in [-0.3, -0.25) is 9.59 Å². The van der Waals surface area contributed by atoms with Crippen LogP contribution in [0.1, 0.15) is 31.8 Å². The van der Waals surface area contributed by atoms with Crippen LogP contribution in [0.2, 0.25) is 0 Å². The fourth-order valence-electron chi connectivity index (χ4n) is 1.78. The van der Waals surface area contributed by atoms with Crippen LogP contribution in [0.15, 0.2) is 48.5 Å². The monoisotopic (exact) mass is 224 g/mol. The molecule has 0 aliphatic heterocycles. The highest BCUT2D eigenvalue weighted by molar-refractivity contribution is 6.13. The average Bonchev–Trinajstić information content (AvgIpc) is 2.38. The van der Waals surface area contributed by atoms with E-state index in [1.807, 2.05) is 25.1 Å². The highest BCUT2D eigenvalue weighted by Crippen LogP contribution is 2.16. The summed E-state index contributed by atoms with van der Waals surface area (Å²) in [7, 11) is 0. The summed E-state index contributed by atoms with van der Waals surface area (Å²) in [6.45, 7) is 1.89. The Hall–Kier alpha value is -2.22. The first kappa shape index (κ1) is 11.3. The number of carbonyl (C=O) groups is 2. The molecule has 84 valence electrons. The molecule has 0 unspecified atom stereocenters. The molecule has 0 heterocycles. The lowest BCUT2D eigenvalue weighted by Gasteiger charge is -2.06. The van der Waals surface area contributed by atoms with E-state index in [1.54, 1.807) is 30.3 Å². The second kappa shape index (κ2) is 4.74. The number of hydrogen-bond donors (Lipinski definition) is 0. The van der Waals surface area contributed by atoms with Gasteiger partial charge in [0.25, 0.3) is 0 Å². The third-order valence-corrected chi connectivity index (χ3v) is 2.72. The van der Waals surface area contributed by atoms with Crippen molar-refractivity contribution in [2.45, 2.75) is 6.92 Å². The van der Waals surface area contributed by atoms with Crippen LogP contribution in [0.5, 0.6) is 0 Å². The van der Waals surface area contributed by atoms with Crippen molar-refractivity contribution < 1.29 is 9.59 Å². The summed E-state index contributed by atoms with van der Waals surface area (Å²) in [5.41, 5.74) is 2.44. The van der Waals surface area contributed by atoms with Crippen molar-refractivity contribution in [3.63, 3.8) is 0 Å². The molecule has 2 aromatic rings. The minimum absolute atomic E-state index is 0.106. The van der Waals surface area contributed by atoms with Crippen LogP contribution in [-0.4, -0.2) is 12.1 Å². The summed E-state index contributed by atoms with van der Waals surface area (Å²) in [4.78, 5) is 23.2. The summed E-state index contributed by atoms with van der Waals surface area (Å²) in [6, 6.07) is 14.2. The van der Waals surface area contributed by atoms with Crippen molar-refractivity contribution in [2.24, 2.45) is 0 Å². The highest BCUT2D eigenvalue weighted by Gasteiger charge is 2.14. The summed E-state index contributed by atoms with van der Waals surface area (Å²) in [5, 5.41) is 0. The molecule has 0 fully saturated rings. The third kappa shape index (κ3) is 2.16. The van der Waals surface area contributed by atoms with Crippen molar-refractivity contribution in [3.05, 3.63) is 70.8 Å². The van der Waals surface area contributed by atoms with Gasteiger partial charge in [-0.25, -0.2) is 0 Å². The smallest absolute Gasteiger partial charge is 0.194 e. The Morgan fingerprint density at radius 2 is 1.53 bits per heavy atom. The Kier molecular flexibility index (Phi) is 3.15. The molecule has 0 saturated heterocycles. The number of aldehydes is 1.